The van der Waals surface area contributed by atoms with E-state index < -0.39 is 10.0 Å². The van der Waals surface area contributed by atoms with E-state index in [9.17, 15) is 13.2 Å². The summed E-state index contributed by atoms with van der Waals surface area (Å²) in [5, 5.41) is 12.8. The van der Waals surface area contributed by atoms with Gasteiger partial charge in [0.25, 0.3) is 10.0 Å². The lowest BCUT2D eigenvalue weighted by Crippen LogP contribution is -2.31. The number of carbonyl (C=O) groups is 1. The second-order valence-electron chi connectivity index (χ2n) is 9.19. The minimum absolute atomic E-state index is 0.0237. The van der Waals surface area contributed by atoms with Crippen LogP contribution < -0.4 is 9.62 Å². The second kappa shape index (κ2) is 13.0. The molecule has 0 bridgehead atoms. The summed E-state index contributed by atoms with van der Waals surface area (Å²) in [4.78, 5) is 12.9. The zero-order valence-corrected chi connectivity index (χ0v) is 25.5. The van der Waals surface area contributed by atoms with Crippen LogP contribution in [0.15, 0.2) is 113 Å². The monoisotopic (exact) mass is 637 g/mol. The van der Waals surface area contributed by atoms with Crippen LogP contribution in [0.5, 0.6) is 0 Å². The lowest BCUT2D eigenvalue weighted by atomic mass is 10.2. The van der Waals surface area contributed by atoms with E-state index in [1.165, 1.54) is 16.1 Å². The number of nitrogens with zero attached hydrogens (tertiary/aromatic N) is 4. The first kappa shape index (κ1) is 29.7. The first-order chi connectivity index (χ1) is 20.2. The number of sulfonamides is 1. The van der Waals surface area contributed by atoms with Crippen molar-refractivity contribution in [2.75, 3.05) is 15.4 Å². The quantitative estimate of drug-likeness (QED) is 0.165. The van der Waals surface area contributed by atoms with E-state index >= 15 is 0 Å². The van der Waals surface area contributed by atoms with Gasteiger partial charge in [0.15, 0.2) is 11.0 Å². The van der Waals surface area contributed by atoms with Crippen molar-refractivity contribution in [3.05, 3.63) is 125 Å². The Hall–Kier alpha value is -3.83. The molecule has 42 heavy (non-hydrogen) atoms. The van der Waals surface area contributed by atoms with Crippen LogP contribution in [-0.2, 0) is 21.4 Å². The highest BCUT2D eigenvalue weighted by atomic mass is 35.5. The molecular formula is C30H25Cl2N5O3S2. The van der Waals surface area contributed by atoms with E-state index in [0.29, 0.717) is 38.1 Å². The molecule has 0 unspecified atom stereocenters. The van der Waals surface area contributed by atoms with E-state index in [4.69, 9.17) is 23.2 Å². The predicted molar refractivity (Wildman–Crippen MR) is 168 cm³/mol. The summed E-state index contributed by atoms with van der Waals surface area (Å²) in [7, 11) is -4.03. The normalized spacial score (nSPS) is 11.3. The largest absolute Gasteiger partial charge is 0.324 e. The molecule has 1 aromatic heterocycles. The molecule has 8 nitrogen and oxygen atoms in total. The van der Waals surface area contributed by atoms with Gasteiger partial charge in [0.1, 0.15) is 0 Å². The highest BCUT2D eigenvalue weighted by Crippen LogP contribution is 2.30. The molecule has 0 aliphatic heterocycles. The molecule has 1 N–H and O–H groups in total. The first-order valence-corrected chi connectivity index (χ1v) is 15.9. The average molecular weight is 639 g/mol. The summed E-state index contributed by atoms with van der Waals surface area (Å²) in [6, 6.07) is 29.6. The van der Waals surface area contributed by atoms with Crippen LogP contribution in [0, 0.1) is 6.92 Å². The van der Waals surface area contributed by atoms with Gasteiger partial charge >= 0.3 is 0 Å². The van der Waals surface area contributed by atoms with Crippen molar-refractivity contribution in [3.63, 3.8) is 0 Å². The van der Waals surface area contributed by atoms with Crippen LogP contribution in [0.4, 0.5) is 11.4 Å². The number of para-hydroxylation sites is 2. The van der Waals surface area contributed by atoms with Crippen LogP contribution in [0.1, 0.15) is 11.4 Å². The fourth-order valence-electron chi connectivity index (χ4n) is 4.12. The number of halogens is 2. The molecule has 0 aliphatic rings. The topological polar surface area (TPSA) is 97.2 Å². The summed E-state index contributed by atoms with van der Waals surface area (Å²) in [6.07, 6.45) is 0. The molecule has 0 atom stereocenters. The van der Waals surface area contributed by atoms with Crippen LogP contribution in [0.2, 0.25) is 10.0 Å². The molecule has 5 rings (SSSR count). The fraction of sp³-hybridized carbons (Fsp3) is 0.100. The maximum Gasteiger partial charge on any atom is 0.264 e. The minimum Gasteiger partial charge on any atom is -0.324 e. The standard InChI is InChI=1S/C30H25Cl2N5O3S2/c1-21-14-16-25(17-15-21)42(39,40)36(24-11-7-8-22(31)18-24)19-28-34-35-30(37(28)23-9-3-2-4-10-23)41-20-29(38)33-27-13-6-5-12-26(27)32/h2-18H,19-20H2,1H3,(H,33,38). The minimum atomic E-state index is -4.03. The molecule has 12 heteroatoms. The number of amides is 1. The number of hydrogen-bond donors (Lipinski definition) is 1. The van der Waals surface area contributed by atoms with E-state index in [1.54, 1.807) is 77.4 Å². The van der Waals surface area contributed by atoms with Crippen LogP contribution in [0.3, 0.4) is 0 Å². The van der Waals surface area contributed by atoms with Gasteiger partial charge < -0.3 is 5.32 Å². The number of aryl methyl sites for hydroxylation is 1. The molecular weight excluding hydrogens is 613 g/mol. The lowest BCUT2D eigenvalue weighted by Gasteiger charge is -2.25. The summed E-state index contributed by atoms with van der Waals surface area (Å²) in [5.41, 5.74) is 2.53. The molecule has 0 spiro atoms. The van der Waals surface area contributed by atoms with E-state index in [-0.39, 0.29) is 23.1 Å². The van der Waals surface area contributed by atoms with Gasteiger partial charge in [0.2, 0.25) is 5.91 Å². The molecule has 0 fully saturated rings. The van der Waals surface area contributed by atoms with Crippen molar-refractivity contribution >= 4 is 62.3 Å². The number of anilines is 2. The highest BCUT2D eigenvalue weighted by Gasteiger charge is 2.28. The Bertz CT molecular complexity index is 1810. The predicted octanol–water partition coefficient (Wildman–Crippen LogP) is 7.01. The molecule has 4 aromatic carbocycles. The Morgan fingerprint density at radius 2 is 1.62 bits per heavy atom. The summed E-state index contributed by atoms with van der Waals surface area (Å²) >= 11 is 13.6. The van der Waals surface area contributed by atoms with Crippen molar-refractivity contribution in [2.24, 2.45) is 0 Å². The van der Waals surface area contributed by atoms with Crippen molar-refractivity contribution in [1.82, 2.24) is 14.8 Å². The van der Waals surface area contributed by atoms with Gasteiger partial charge in [-0.3, -0.25) is 13.7 Å². The number of carbonyl (C=O) groups excluding carboxylic acids is 1. The summed E-state index contributed by atoms with van der Waals surface area (Å²) < 4.78 is 31.0. The molecule has 5 aromatic rings. The van der Waals surface area contributed by atoms with Crippen LogP contribution in [0.25, 0.3) is 5.69 Å². The van der Waals surface area contributed by atoms with Crippen molar-refractivity contribution in [1.29, 1.82) is 0 Å². The number of nitrogens with one attached hydrogen (secondary N) is 1. The number of hydrogen-bond acceptors (Lipinski definition) is 6. The number of aromatic nitrogens is 3. The van der Waals surface area contributed by atoms with Crippen molar-refractivity contribution in [2.45, 2.75) is 23.5 Å². The molecule has 0 radical (unpaired) electrons. The molecule has 1 amide bonds. The van der Waals surface area contributed by atoms with Crippen molar-refractivity contribution < 1.29 is 13.2 Å². The van der Waals surface area contributed by atoms with E-state index in [1.807, 2.05) is 37.3 Å². The zero-order valence-electron chi connectivity index (χ0n) is 22.3. The Labute approximate surface area is 258 Å². The second-order valence-corrected chi connectivity index (χ2v) is 12.8. The van der Waals surface area contributed by atoms with Crippen LogP contribution in [-0.4, -0.2) is 34.8 Å². The number of rotatable bonds is 10. The van der Waals surface area contributed by atoms with Gasteiger partial charge in [-0.05, 0) is 61.5 Å². The molecule has 1 heterocycles. The van der Waals surface area contributed by atoms with Gasteiger partial charge in [0.05, 0.1) is 33.6 Å². The van der Waals surface area contributed by atoms with E-state index in [2.05, 4.69) is 15.5 Å². The fourth-order valence-corrected chi connectivity index (χ4v) is 6.67. The van der Waals surface area contributed by atoms with Crippen molar-refractivity contribution in [3.8, 4) is 5.69 Å². The lowest BCUT2D eigenvalue weighted by molar-refractivity contribution is -0.113. The Morgan fingerprint density at radius 3 is 2.33 bits per heavy atom. The van der Waals surface area contributed by atoms with Crippen LogP contribution >= 0.6 is 35.0 Å². The molecule has 0 saturated heterocycles. The van der Waals surface area contributed by atoms with Gasteiger partial charge in [0, 0.05) is 10.7 Å². The zero-order chi connectivity index (χ0) is 29.7. The molecule has 0 aliphatic carbocycles. The third-order valence-electron chi connectivity index (χ3n) is 6.19. The Kier molecular flexibility index (Phi) is 9.18. The summed E-state index contributed by atoms with van der Waals surface area (Å²) in [5.74, 6) is 0.0983. The summed E-state index contributed by atoms with van der Waals surface area (Å²) in [6.45, 7) is 1.74. The third kappa shape index (κ3) is 6.79. The number of thioether (sulfide) groups is 1. The third-order valence-corrected chi connectivity index (χ3v) is 9.47. The van der Waals surface area contributed by atoms with E-state index in [0.717, 1.165) is 5.56 Å². The SMILES string of the molecule is Cc1ccc(S(=O)(=O)N(Cc2nnc(SCC(=O)Nc3ccccc3Cl)n2-c2ccccc2)c2cccc(Cl)c2)cc1. The maximum absolute atomic E-state index is 14.0. The average Bonchev–Trinajstić information content (AvgIpc) is 3.39. The maximum atomic E-state index is 14.0. The highest BCUT2D eigenvalue weighted by molar-refractivity contribution is 7.99. The van der Waals surface area contributed by atoms with Gasteiger partial charge in [-0.1, -0.05) is 89.1 Å². The van der Waals surface area contributed by atoms with Gasteiger partial charge in [-0.25, -0.2) is 8.42 Å². The first-order valence-electron chi connectivity index (χ1n) is 12.7. The number of benzene rings is 4. The van der Waals surface area contributed by atoms with Gasteiger partial charge in [-0.2, -0.15) is 0 Å². The molecule has 0 saturated carbocycles. The Balaban J connectivity index is 1.50. The van der Waals surface area contributed by atoms with Gasteiger partial charge in [-0.15, -0.1) is 10.2 Å². The molecule has 214 valence electrons. The smallest absolute Gasteiger partial charge is 0.264 e. The Morgan fingerprint density at radius 1 is 0.905 bits per heavy atom.